The average Bonchev–Trinajstić information content (AvgIpc) is 2.68. The van der Waals surface area contributed by atoms with Crippen LogP contribution in [0.5, 0.6) is 0 Å². The van der Waals surface area contributed by atoms with Gasteiger partial charge in [-0.1, -0.05) is 29.8 Å². The third kappa shape index (κ3) is 3.43. The molecular weight excluding hydrogens is 212 g/mol. The summed E-state index contributed by atoms with van der Waals surface area (Å²) in [5.74, 6) is 1.62. The minimum absolute atomic E-state index is 0.107. The van der Waals surface area contributed by atoms with Gasteiger partial charge in [-0.25, -0.2) is 4.98 Å². The molecule has 2 N–H and O–H groups in total. The van der Waals surface area contributed by atoms with Gasteiger partial charge in [0, 0.05) is 18.9 Å². The van der Waals surface area contributed by atoms with Crippen LogP contribution in [0.2, 0.25) is 0 Å². The molecule has 3 nitrogen and oxygen atoms in total. The Kier molecular flexibility index (Phi) is 3.59. The molecule has 2 aromatic rings. The predicted octanol–water partition coefficient (Wildman–Crippen LogP) is 2.46. The average molecular weight is 230 g/mol. The van der Waals surface area contributed by atoms with E-state index in [9.17, 15) is 0 Å². The van der Waals surface area contributed by atoms with E-state index in [2.05, 4.69) is 36.2 Å². The third-order valence-corrected chi connectivity index (χ3v) is 2.60. The lowest BCUT2D eigenvalue weighted by atomic mass is 10.1. The Morgan fingerprint density at radius 3 is 2.65 bits per heavy atom. The highest BCUT2D eigenvalue weighted by atomic mass is 16.4. The molecule has 0 saturated carbocycles. The summed E-state index contributed by atoms with van der Waals surface area (Å²) in [6.07, 6.45) is 3.24. The van der Waals surface area contributed by atoms with Gasteiger partial charge in [-0.2, -0.15) is 0 Å². The van der Waals surface area contributed by atoms with E-state index >= 15 is 0 Å². The van der Waals surface area contributed by atoms with E-state index in [1.54, 1.807) is 6.20 Å². The fraction of sp³-hybridized carbons (Fsp3) is 0.357. The van der Waals surface area contributed by atoms with Gasteiger partial charge >= 0.3 is 0 Å². The molecule has 0 radical (unpaired) electrons. The van der Waals surface area contributed by atoms with Gasteiger partial charge in [0.2, 0.25) is 0 Å². The smallest absolute Gasteiger partial charge is 0.198 e. The van der Waals surface area contributed by atoms with E-state index in [4.69, 9.17) is 10.2 Å². The lowest BCUT2D eigenvalue weighted by Crippen LogP contribution is -2.17. The van der Waals surface area contributed by atoms with Crippen LogP contribution in [0, 0.1) is 6.92 Å². The van der Waals surface area contributed by atoms with Crippen molar-refractivity contribution >= 4 is 0 Å². The molecule has 0 amide bonds. The molecule has 1 atom stereocenters. The minimum Gasteiger partial charge on any atom is -0.445 e. The molecule has 17 heavy (non-hydrogen) atoms. The molecule has 2 rings (SSSR count). The molecule has 0 aliphatic heterocycles. The molecule has 1 unspecified atom stereocenters. The van der Waals surface area contributed by atoms with Gasteiger partial charge in [-0.05, 0) is 19.4 Å². The van der Waals surface area contributed by atoms with E-state index < -0.39 is 0 Å². The van der Waals surface area contributed by atoms with Gasteiger partial charge in [0.05, 0.1) is 6.20 Å². The highest BCUT2D eigenvalue weighted by molar-refractivity contribution is 5.23. The fourth-order valence-electron chi connectivity index (χ4n) is 1.72. The minimum atomic E-state index is 0.107. The molecule has 0 saturated heterocycles. The first-order valence-electron chi connectivity index (χ1n) is 5.88. The normalized spacial score (nSPS) is 12.6. The molecular formula is C14H18N2O. The predicted molar refractivity (Wildman–Crippen MR) is 67.8 cm³/mol. The summed E-state index contributed by atoms with van der Waals surface area (Å²) in [4.78, 5) is 4.26. The highest BCUT2D eigenvalue weighted by Crippen LogP contribution is 2.12. The van der Waals surface area contributed by atoms with Crippen LogP contribution >= 0.6 is 0 Å². The molecule has 0 fully saturated rings. The van der Waals surface area contributed by atoms with E-state index in [0.29, 0.717) is 0 Å². The summed E-state index contributed by atoms with van der Waals surface area (Å²) in [5, 5.41) is 0. The first kappa shape index (κ1) is 11.9. The van der Waals surface area contributed by atoms with Crippen LogP contribution in [-0.2, 0) is 12.8 Å². The summed E-state index contributed by atoms with van der Waals surface area (Å²) in [7, 11) is 0. The number of rotatable bonds is 4. The topological polar surface area (TPSA) is 52.0 Å². The maximum Gasteiger partial charge on any atom is 0.198 e. The second-order valence-corrected chi connectivity index (χ2v) is 4.56. The van der Waals surface area contributed by atoms with Crippen LogP contribution in [0.25, 0.3) is 0 Å². The van der Waals surface area contributed by atoms with Gasteiger partial charge in [0.15, 0.2) is 5.89 Å². The Balaban J connectivity index is 2.03. The lowest BCUT2D eigenvalue weighted by molar-refractivity contribution is 0.452. The zero-order valence-corrected chi connectivity index (χ0v) is 10.3. The number of aryl methyl sites for hydroxylation is 1. The molecule has 0 bridgehead atoms. The van der Waals surface area contributed by atoms with Crippen molar-refractivity contribution in [1.29, 1.82) is 0 Å². The molecule has 1 aromatic heterocycles. The van der Waals surface area contributed by atoms with Gasteiger partial charge in [0.1, 0.15) is 5.76 Å². The number of oxazole rings is 1. The van der Waals surface area contributed by atoms with E-state index in [1.807, 2.05) is 6.92 Å². The fourth-order valence-corrected chi connectivity index (χ4v) is 1.72. The van der Waals surface area contributed by atoms with Crippen molar-refractivity contribution in [3.63, 3.8) is 0 Å². The molecule has 0 aliphatic carbocycles. The Hall–Kier alpha value is -1.61. The van der Waals surface area contributed by atoms with Crippen molar-refractivity contribution < 1.29 is 4.42 Å². The Morgan fingerprint density at radius 2 is 2.00 bits per heavy atom. The van der Waals surface area contributed by atoms with Crippen LogP contribution in [0.15, 0.2) is 34.9 Å². The zero-order valence-electron chi connectivity index (χ0n) is 10.3. The van der Waals surface area contributed by atoms with Gasteiger partial charge in [0.25, 0.3) is 0 Å². The van der Waals surface area contributed by atoms with Gasteiger partial charge < -0.3 is 10.2 Å². The Bertz CT molecular complexity index is 471. The van der Waals surface area contributed by atoms with Crippen LogP contribution in [-0.4, -0.2) is 11.0 Å². The largest absolute Gasteiger partial charge is 0.445 e. The van der Waals surface area contributed by atoms with Gasteiger partial charge in [-0.15, -0.1) is 0 Å². The van der Waals surface area contributed by atoms with Crippen molar-refractivity contribution in [2.24, 2.45) is 5.73 Å². The maximum atomic E-state index is 5.72. The van der Waals surface area contributed by atoms with Crippen molar-refractivity contribution in [2.45, 2.75) is 32.7 Å². The number of nitrogens with zero attached hydrogens (tertiary/aromatic N) is 1. The molecule has 1 heterocycles. The molecule has 3 heteroatoms. The summed E-state index contributed by atoms with van der Waals surface area (Å²) >= 11 is 0. The molecule has 90 valence electrons. The monoisotopic (exact) mass is 230 g/mol. The Labute approximate surface area is 102 Å². The van der Waals surface area contributed by atoms with Crippen molar-refractivity contribution in [1.82, 2.24) is 4.98 Å². The first-order chi connectivity index (χ1) is 8.13. The number of nitrogens with two attached hydrogens (primary N) is 1. The molecule has 0 spiro atoms. The zero-order chi connectivity index (χ0) is 12.3. The first-order valence-corrected chi connectivity index (χ1v) is 5.88. The second-order valence-electron chi connectivity index (χ2n) is 4.56. The number of aromatic nitrogens is 1. The summed E-state index contributed by atoms with van der Waals surface area (Å²) < 4.78 is 5.64. The number of benzene rings is 1. The molecule has 0 aliphatic rings. The summed E-state index contributed by atoms with van der Waals surface area (Å²) in [5.41, 5.74) is 8.19. The summed E-state index contributed by atoms with van der Waals surface area (Å²) in [6.45, 7) is 4.04. The quantitative estimate of drug-likeness (QED) is 0.877. The van der Waals surface area contributed by atoms with Crippen LogP contribution in [0.4, 0.5) is 0 Å². The maximum absolute atomic E-state index is 5.72. The van der Waals surface area contributed by atoms with E-state index in [1.165, 1.54) is 11.1 Å². The van der Waals surface area contributed by atoms with E-state index in [0.717, 1.165) is 24.5 Å². The van der Waals surface area contributed by atoms with Gasteiger partial charge in [-0.3, -0.25) is 0 Å². The van der Waals surface area contributed by atoms with E-state index in [-0.39, 0.29) is 6.04 Å². The summed E-state index contributed by atoms with van der Waals surface area (Å²) in [6, 6.07) is 8.51. The SMILES string of the molecule is Cc1ccc(Cc2ncc(CC(C)N)o2)cc1. The second kappa shape index (κ2) is 5.15. The number of hydrogen-bond donors (Lipinski definition) is 1. The highest BCUT2D eigenvalue weighted by Gasteiger charge is 2.06. The van der Waals surface area contributed by atoms with Crippen molar-refractivity contribution in [2.75, 3.05) is 0 Å². The van der Waals surface area contributed by atoms with Crippen molar-refractivity contribution in [3.05, 3.63) is 53.2 Å². The molecule has 1 aromatic carbocycles. The standard InChI is InChI=1S/C14H18N2O/c1-10-3-5-12(6-4-10)8-14-16-9-13(17-14)7-11(2)15/h3-6,9,11H,7-8,15H2,1-2H3. The van der Waals surface area contributed by atoms with Crippen molar-refractivity contribution in [3.8, 4) is 0 Å². The van der Waals surface area contributed by atoms with Crippen LogP contribution in [0.1, 0.15) is 29.7 Å². The van der Waals surface area contributed by atoms with Crippen LogP contribution in [0.3, 0.4) is 0 Å². The van der Waals surface area contributed by atoms with Crippen LogP contribution < -0.4 is 5.73 Å². The Morgan fingerprint density at radius 1 is 1.29 bits per heavy atom. The number of hydrogen-bond acceptors (Lipinski definition) is 3. The lowest BCUT2D eigenvalue weighted by Gasteiger charge is -2.00. The third-order valence-electron chi connectivity index (χ3n) is 2.60.